The third-order valence-electron chi connectivity index (χ3n) is 5.32. The number of carbonyl (C=O) groups is 1. The summed E-state index contributed by atoms with van der Waals surface area (Å²) in [6.45, 7) is 0. The molecular formula is C25H23NO5S. The minimum absolute atomic E-state index is 0.171. The van der Waals surface area contributed by atoms with E-state index in [0.717, 1.165) is 34.1 Å². The molecule has 0 aromatic heterocycles. The van der Waals surface area contributed by atoms with Crippen molar-refractivity contribution in [3.05, 3.63) is 89.0 Å². The summed E-state index contributed by atoms with van der Waals surface area (Å²) in [6, 6.07) is 23.2. The van der Waals surface area contributed by atoms with E-state index in [2.05, 4.69) is 4.90 Å². The molecule has 2 unspecified atom stereocenters. The van der Waals surface area contributed by atoms with Crippen molar-refractivity contribution in [2.75, 3.05) is 19.1 Å². The van der Waals surface area contributed by atoms with Gasteiger partial charge in [0.05, 0.1) is 24.4 Å². The molecule has 6 nitrogen and oxygen atoms in total. The van der Waals surface area contributed by atoms with E-state index >= 15 is 0 Å². The molecule has 0 radical (unpaired) electrons. The van der Waals surface area contributed by atoms with Crippen LogP contribution in [-0.4, -0.2) is 36.8 Å². The number of aldehydes is 1. The number of aliphatic hydroxyl groups is 2. The van der Waals surface area contributed by atoms with Crippen LogP contribution in [0.4, 0.5) is 17.1 Å². The molecule has 0 saturated heterocycles. The molecule has 0 bridgehead atoms. The van der Waals surface area contributed by atoms with Crippen molar-refractivity contribution < 1.29 is 24.5 Å². The van der Waals surface area contributed by atoms with Crippen LogP contribution in [0.2, 0.25) is 0 Å². The lowest BCUT2D eigenvalue weighted by Gasteiger charge is -2.26. The molecule has 1 aliphatic heterocycles. The number of aliphatic hydroxyl groups excluding tert-OH is 2. The minimum atomic E-state index is -1.11. The highest BCUT2D eigenvalue weighted by Gasteiger charge is 2.35. The summed E-state index contributed by atoms with van der Waals surface area (Å²) < 4.78 is 10.6. The number of rotatable bonds is 7. The highest BCUT2D eigenvalue weighted by molar-refractivity contribution is 8.04. The molecule has 2 N–H and O–H groups in total. The van der Waals surface area contributed by atoms with Crippen LogP contribution in [0.3, 0.4) is 0 Å². The molecule has 7 heteroatoms. The third-order valence-corrected chi connectivity index (χ3v) is 6.66. The van der Waals surface area contributed by atoms with Crippen molar-refractivity contribution in [1.82, 2.24) is 0 Å². The van der Waals surface area contributed by atoms with Gasteiger partial charge in [0.25, 0.3) is 0 Å². The van der Waals surface area contributed by atoms with Gasteiger partial charge in [-0.3, -0.25) is 4.79 Å². The van der Waals surface area contributed by atoms with Crippen LogP contribution in [0.15, 0.2) is 83.5 Å². The maximum Gasteiger partial charge on any atom is 0.159 e. The number of hydrogen-bond acceptors (Lipinski definition) is 7. The Morgan fingerprint density at radius 1 is 0.812 bits per heavy atom. The Labute approximate surface area is 190 Å². The van der Waals surface area contributed by atoms with E-state index in [4.69, 9.17) is 9.47 Å². The molecule has 164 valence electrons. The van der Waals surface area contributed by atoms with Gasteiger partial charge in [-0.2, -0.15) is 0 Å². The highest BCUT2D eigenvalue weighted by atomic mass is 32.2. The first-order valence-corrected chi connectivity index (χ1v) is 10.8. The zero-order valence-electron chi connectivity index (χ0n) is 17.6. The SMILES string of the molecule is COc1ccc(N(c2ccc(OC)cc2)c2ccc(C3SC(C=O)=C(O)C3O)cc2)cc1. The van der Waals surface area contributed by atoms with Crippen molar-refractivity contribution in [1.29, 1.82) is 0 Å². The van der Waals surface area contributed by atoms with E-state index in [9.17, 15) is 15.0 Å². The number of methoxy groups -OCH3 is 2. The van der Waals surface area contributed by atoms with Crippen LogP contribution in [-0.2, 0) is 4.79 Å². The topological polar surface area (TPSA) is 79.2 Å². The van der Waals surface area contributed by atoms with Crippen molar-refractivity contribution in [2.45, 2.75) is 11.4 Å². The molecule has 3 aromatic carbocycles. The molecule has 0 saturated carbocycles. The lowest BCUT2D eigenvalue weighted by molar-refractivity contribution is -0.104. The van der Waals surface area contributed by atoms with Crippen LogP contribution < -0.4 is 14.4 Å². The monoisotopic (exact) mass is 449 g/mol. The Kier molecular flexibility index (Phi) is 6.39. The number of allylic oxidation sites excluding steroid dienone is 1. The Balaban J connectivity index is 1.68. The molecule has 0 amide bonds. The van der Waals surface area contributed by atoms with Crippen LogP contribution in [0.5, 0.6) is 11.5 Å². The largest absolute Gasteiger partial charge is 0.508 e. The summed E-state index contributed by atoms with van der Waals surface area (Å²) in [5.41, 5.74) is 3.62. The lowest BCUT2D eigenvalue weighted by Crippen LogP contribution is -2.14. The first kappa shape index (κ1) is 21.8. The fourth-order valence-electron chi connectivity index (χ4n) is 3.61. The molecule has 1 aliphatic rings. The number of hydrogen-bond donors (Lipinski definition) is 2. The van der Waals surface area contributed by atoms with Crippen molar-refractivity contribution >= 4 is 35.1 Å². The van der Waals surface area contributed by atoms with Gasteiger partial charge in [0.1, 0.15) is 23.4 Å². The predicted molar refractivity (Wildman–Crippen MR) is 126 cm³/mol. The number of ether oxygens (including phenoxy) is 2. The average molecular weight is 450 g/mol. The van der Waals surface area contributed by atoms with Crippen LogP contribution in [0.1, 0.15) is 10.8 Å². The van der Waals surface area contributed by atoms with Crippen LogP contribution >= 0.6 is 11.8 Å². The second-order valence-corrected chi connectivity index (χ2v) is 8.36. The van der Waals surface area contributed by atoms with Gasteiger partial charge in [-0.15, -0.1) is 11.8 Å². The number of nitrogens with zero attached hydrogens (tertiary/aromatic N) is 1. The quantitative estimate of drug-likeness (QED) is 0.475. The van der Waals surface area contributed by atoms with Crippen molar-refractivity contribution in [3.63, 3.8) is 0 Å². The molecule has 4 rings (SSSR count). The molecule has 32 heavy (non-hydrogen) atoms. The number of thioether (sulfide) groups is 1. The van der Waals surface area contributed by atoms with Gasteiger partial charge in [-0.05, 0) is 66.2 Å². The van der Waals surface area contributed by atoms with Gasteiger partial charge in [-0.25, -0.2) is 0 Å². The first-order valence-electron chi connectivity index (χ1n) is 9.97. The van der Waals surface area contributed by atoms with E-state index in [-0.39, 0.29) is 10.7 Å². The maximum absolute atomic E-state index is 11.1. The van der Waals surface area contributed by atoms with Crippen molar-refractivity contribution in [3.8, 4) is 11.5 Å². The Bertz CT molecular complexity index is 1060. The number of benzene rings is 3. The Morgan fingerprint density at radius 3 is 1.62 bits per heavy atom. The standard InChI is InChI=1S/C25H23NO5S/c1-30-20-11-7-18(8-12-20)26(19-9-13-21(31-2)14-10-19)17-5-3-16(4-6-17)25-24(29)23(28)22(15-27)32-25/h3-15,24-25,28-29H,1-2H3. The van der Waals surface area contributed by atoms with Gasteiger partial charge in [-0.1, -0.05) is 12.1 Å². The average Bonchev–Trinajstić information content (AvgIpc) is 3.14. The second kappa shape index (κ2) is 9.38. The molecule has 0 spiro atoms. The predicted octanol–water partition coefficient (Wildman–Crippen LogP) is 5.29. The van der Waals surface area contributed by atoms with E-state index < -0.39 is 11.4 Å². The zero-order valence-corrected chi connectivity index (χ0v) is 18.5. The summed E-state index contributed by atoms with van der Waals surface area (Å²) in [6.07, 6.45) is -0.530. The minimum Gasteiger partial charge on any atom is -0.508 e. The number of anilines is 3. The first-order chi connectivity index (χ1) is 15.5. The van der Waals surface area contributed by atoms with Gasteiger partial charge in [0, 0.05) is 17.1 Å². The molecule has 1 heterocycles. The summed E-state index contributed by atoms with van der Waals surface area (Å²) in [4.78, 5) is 13.4. The Hall–Kier alpha value is -3.42. The smallest absolute Gasteiger partial charge is 0.159 e. The van der Waals surface area contributed by atoms with E-state index in [1.165, 1.54) is 11.8 Å². The second-order valence-electron chi connectivity index (χ2n) is 7.17. The van der Waals surface area contributed by atoms with E-state index in [1.54, 1.807) is 14.2 Å². The third kappa shape index (κ3) is 4.17. The van der Waals surface area contributed by atoms with Gasteiger partial charge < -0.3 is 24.6 Å². The van der Waals surface area contributed by atoms with Crippen molar-refractivity contribution in [2.24, 2.45) is 0 Å². The van der Waals surface area contributed by atoms with Gasteiger partial charge in [0.2, 0.25) is 0 Å². The molecule has 0 fully saturated rings. The fourth-order valence-corrected chi connectivity index (χ4v) is 4.73. The van der Waals surface area contributed by atoms with E-state index in [0.29, 0.717) is 6.29 Å². The zero-order chi connectivity index (χ0) is 22.7. The molecule has 0 aliphatic carbocycles. The molecule has 2 atom stereocenters. The fraction of sp³-hybridized carbons (Fsp3) is 0.160. The number of carbonyl (C=O) groups excluding carboxylic acids is 1. The highest BCUT2D eigenvalue weighted by Crippen LogP contribution is 2.46. The summed E-state index contributed by atoms with van der Waals surface area (Å²) in [5.74, 6) is 1.27. The van der Waals surface area contributed by atoms with Crippen LogP contribution in [0.25, 0.3) is 0 Å². The molecular weight excluding hydrogens is 426 g/mol. The lowest BCUT2D eigenvalue weighted by atomic mass is 10.0. The summed E-state index contributed by atoms with van der Waals surface area (Å²) in [5, 5.41) is 19.9. The van der Waals surface area contributed by atoms with Crippen LogP contribution in [0, 0.1) is 0 Å². The van der Waals surface area contributed by atoms with E-state index in [1.807, 2.05) is 72.8 Å². The summed E-state index contributed by atoms with van der Waals surface area (Å²) >= 11 is 1.17. The normalized spacial score (nSPS) is 17.8. The van der Waals surface area contributed by atoms with Gasteiger partial charge in [0.15, 0.2) is 6.29 Å². The maximum atomic E-state index is 11.1. The van der Waals surface area contributed by atoms with Gasteiger partial charge >= 0.3 is 0 Å². The molecule has 3 aromatic rings. The summed E-state index contributed by atoms with van der Waals surface area (Å²) in [7, 11) is 3.26. The Morgan fingerprint density at radius 2 is 1.25 bits per heavy atom.